The molecule has 0 saturated heterocycles. The summed E-state index contributed by atoms with van der Waals surface area (Å²) in [7, 11) is 0. The topological polar surface area (TPSA) is 47.6 Å². The monoisotopic (exact) mass is 343 g/mol. The molecule has 2 aromatic rings. The van der Waals surface area contributed by atoms with E-state index in [0.717, 1.165) is 24.2 Å². The molecular weight excluding hydrogens is 321 g/mol. The zero-order valence-electron chi connectivity index (χ0n) is 14.3. The van der Waals surface area contributed by atoms with E-state index < -0.39 is 0 Å². The van der Waals surface area contributed by atoms with Gasteiger partial charge in [-0.05, 0) is 48.9 Å². The van der Waals surface area contributed by atoms with Crippen molar-refractivity contribution in [3.63, 3.8) is 0 Å². The Morgan fingerprint density at radius 2 is 2.08 bits per heavy atom. The molecule has 2 aromatic carbocycles. The number of ether oxygens (including phenoxy) is 2. The molecule has 1 heterocycles. The van der Waals surface area contributed by atoms with Crippen LogP contribution in [0.4, 0.5) is 4.39 Å². The van der Waals surface area contributed by atoms with Crippen molar-refractivity contribution in [2.75, 3.05) is 13.2 Å². The molecular formula is C20H22FNO3. The highest BCUT2D eigenvalue weighted by molar-refractivity contribution is 5.94. The highest BCUT2D eigenvalue weighted by Crippen LogP contribution is 2.28. The number of nitrogens with one attached hydrogen (secondary N) is 1. The van der Waals surface area contributed by atoms with Crippen LogP contribution in [0.15, 0.2) is 42.5 Å². The number of hydrogen-bond acceptors (Lipinski definition) is 3. The fraction of sp³-hybridized carbons (Fsp3) is 0.350. The van der Waals surface area contributed by atoms with Gasteiger partial charge < -0.3 is 14.8 Å². The van der Waals surface area contributed by atoms with E-state index in [-0.39, 0.29) is 17.8 Å². The van der Waals surface area contributed by atoms with Crippen molar-refractivity contribution in [2.24, 2.45) is 0 Å². The Kier molecular flexibility index (Phi) is 5.53. The quantitative estimate of drug-likeness (QED) is 0.779. The average molecular weight is 343 g/mol. The van der Waals surface area contributed by atoms with Gasteiger partial charge in [-0.25, -0.2) is 4.39 Å². The van der Waals surface area contributed by atoms with Gasteiger partial charge in [0.15, 0.2) is 0 Å². The van der Waals surface area contributed by atoms with Crippen LogP contribution >= 0.6 is 0 Å². The molecule has 3 rings (SSSR count). The molecule has 25 heavy (non-hydrogen) atoms. The minimum Gasteiger partial charge on any atom is -0.494 e. The molecule has 0 saturated carbocycles. The molecule has 1 atom stereocenters. The summed E-state index contributed by atoms with van der Waals surface area (Å²) >= 11 is 0. The average Bonchev–Trinajstić information content (AvgIpc) is 3.02. The van der Waals surface area contributed by atoms with Crippen LogP contribution in [-0.4, -0.2) is 25.2 Å². The molecule has 0 aromatic heterocycles. The first-order valence-electron chi connectivity index (χ1n) is 8.62. The molecule has 5 heteroatoms. The summed E-state index contributed by atoms with van der Waals surface area (Å²) < 4.78 is 24.5. The summed E-state index contributed by atoms with van der Waals surface area (Å²) in [5.74, 6) is 1.02. The molecule has 1 N–H and O–H groups in total. The minimum absolute atomic E-state index is 0.161. The van der Waals surface area contributed by atoms with Crippen molar-refractivity contribution < 1.29 is 18.7 Å². The number of fused-ring (bicyclic) bond motifs is 1. The molecule has 1 aliphatic heterocycles. The van der Waals surface area contributed by atoms with Crippen molar-refractivity contribution in [1.82, 2.24) is 5.32 Å². The Morgan fingerprint density at radius 3 is 2.84 bits per heavy atom. The normalized spacial score (nSPS) is 15.4. The van der Waals surface area contributed by atoms with Gasteiger partial charge in [0.1, 0.15) is 23.4 Å². The van der Waals surface area contributed by atoms with Gasteiger partial charge in [-0.2, -0.15) is 0 Å². The summed E-state index contributed by atoms with van der Waals surface area (Å²) in [6.45, 7) is 3.17. The van der Waals surface area contributed by atoms with Crippen LogP contribution in [0.25, 0.3) is 0 Å². The molecule has 0 spiro atoms. The Morgan fingerprint density at radius 1 is 1.28 bits per heavy atom. The van der Waals surface area contributed by atoms with Gasteiger partial charge in [0.25, 0.3) is 5.91 Å². The van der Waals surface area contributed by atoms with E-state index in [0.29, 0.717) is 30.9 Å². The lowest BCUT2D eigenvalue weighted by atomic mass is 10.1. The second-order valence-corrected chi connectivity index (χ2v) is 6.13. The third-order valence-electron chi connectivity index (χ3n) is 4.14. The van der Waals surface area contributed by atoms with Gasteiger partial charge in [-0.1, -0.05) is 13.3 Å². The first kappa shape index (κ1) is 17.3. The first-order valence-corrected chi connectivity index (χ1v) is 8.62. The smallest absolute Gasteiger partial charge is 0.251 e. The third-order valence-corrected chi connectivity index (χ3v) is 4.14. The van der Waals surface area contributed by atoms with E-state index in [9.17, 15) is 9.18 Å². The summed E-state index contributed by atoms with van der Waals surface area (Å²) in [4.78, 5) is 12.2. The number of amides is 1. The lowest BCUT2D eigenvalue weighted by Crippen LogP contribution is -2.34. The van der Waals surface area contributed by atoms with Crippen LogP contribution in [0.2, 0.25) is 0 Å². The molecule has 0 bridgehead atoms. The number of carbonyl (C=O) groups is 1. The van der Waals surface area contributed by atoms with Crippen molar-refractivity contribution in [1.29, 1.82) is 0 Å². The maximum atomic E-state index is 13.2. The van der Waals surface area contributed by atoms with Crippen molar-refractivity contribution in [3.05, 3.63) is 59.4 Å². The maximum Gasteiger partial charge on any atom is 0.251 e. The van der Waals surface area contributed by atoms with E-state index >= 15 is 0 Å². The first-order chi connectivity index (χ1) is 12.2. The SMILES string of the molecule is CCCCOc1ccc(C(=O)NCC2Cc3cc(F)ccc3O2)cc1. The van der Waals surface area contributed by atoms with E-state index in [4.69, 9.17) is 9.47 Å². The summed E-state index contributed by atoms with van der Waals surface area (Å²) in [6, 6.07) is 11.6. The minimum atomic E-state index is -0.270. The molecule has 0 radical (unpaired) electrons. The van der Waals surface area contributed by atoms with Gasteiger partial charge >= 0.3 is 0 Å². The van der Waals surface area contributed by atoms with E-state index in [1.807, 2.05) is 0 Å². The fourth-order valence-electron chi connectivity index (χ4n) is 2.75. The van der Waals surface area contributed by atoms with Gasteiger partial charge in [0.05, 0.1) is 13.2 Å². The zero-order chi connectivity index (χ0) is 17.6. The summed E-state index contributed by atoms with van der Waals surface area (Å²) in [6.07, 6.45) is 2.52. The summed E-state index contributed by atoms with van der Waals surface area (Å²) in [5.41, 5.74) is 1.41. The largest absolute Gasteiger partial charge is 0.494 e. The predicted molar refractivity (Wildman–Crippen MR) is 93.7 cm³/mol. The van der Waals surface area contributed by atoms with Crippen LogP contribution in [0.1, 0.15) is 35.7 Å². The third kappa shape index (κ3) is 4.50. The van der Waals surface area contributed by atoms with Crippen LogP contribution in [0.5, 0.6) is 11.5 Å². The molecule has 1 unspecified atom stereocenters. The van der Waals surface area contributed by atoms with Gasteiger partial charge in [-0.3, -0.25) is 4.79 Å². The van der Waals surface area contributed by atoms with E-state index in [1.165, 1.54) is 12.1 Å². The molecule has 132 valence electrons. The Hall–Kier alpha value is -2.56. The van der Waals surface area contributed by atoms with Crippen molar-refractivity contribution >= 4 is 5.91 Å². The second-order valence-electron chi connectivity index (χ2n) is 6.13. The predicted octanol–water partition coefficient (Wildman–Crippen LogP) is 3.74. The van der Waals surface area contributed by atoms with Crippen LogP contribution in [-0.2, 0) is 6.42 Å². The molecule has 1 aliphatic rings. The number of rotatable bonds is 7. The maximum absolute atomic E-state index is 13.2. The highest BCUT2D eigenvalue weighted by atomic mass is 19.1. The van der Waals surface area contributed by atoms with Gasteiger partial charge in [0, 0.05) is 17.5 Å². The highest BCUT2D eigenvalue weighted by Gasteiger charge is 2.23. The molecule has 0 aliphatic carbocycles. The van der Waals surface area contributed by atoms with Gasteiger partial charge in [0.2, 0.25) is 0 Å². The number of carbonyl (C=O) groups excluding carboxylic acids is 1. The lowest BCUT2D eigenvalue weighted by Gasteiger charge is -2.12. The van der Waals surface area contributed by atoms with Crippen LogP contribution in [0.3, 0.4) is 0 Å². The summed E-state index contributed by atoms with van der Waals surface area (Å²) in [5, 5.41) is 2.86. The van der Waals surface area contributed by atoms with E-state index in [1.54, 1.807) is 30.3 Å². The Balaban J connectivity index is 1.48. The molecule has 0 fully saturated rings. The number of halogens is 1. The Labute approximate surface area is 147 Å². The fourth-order valence-corrected chi connectivity index (χ4v) is 2.75. The standard InChI is InChI=1S/C20H22FNO3/c1-2-3-10-24-17-7-4-14(5-8-17)20(23)22-13-18-12-15-11-16(21)6-9-19(15)25-18/h4-9,11,18H,2-3,10,12-13H2,1H3,(H,22,23). The van der Waals surface area contributed by atoms with Crippen LogP contribution in [0, 0.1) is 5.82 Å². The van der Waals surface area contributed by atoms with Gasteiger partial charge in [-0.15, -0.1) is 0 Å². The van der Waals surface area contributed by atoms with Crippen molar-refractivity contribution in [2.45, 2.75) is 32.3 Å². The van der Waals surface area contributed by atoms with Crippen molar-refractivity contribution in [3.8, 4) is 11.5 Å². The Bertz CT molecular complexity index is 730. The molecule has 4 nitrogen and oxygen atoms in total. The van der Waals surface area contributed by atoms with E-state index in [2.05, 4.69) is 12.2 Å². The number of hydrogen-bond donors (Lipinski definition) is 1. The lowest BCUT2D eigenvalue weighted by molar-refractivity contribution is 0.0933. The van der Waals surface area contributed by atoms with Crippen LogP contribution < -0.4 is 14.8 Å². The molecule has 1 amide bonds. The number of benzene rings is 2. The number of unbranched alkanes of at least 4 members (excludes halogenated alkanes) is 1. The zero-order valence-corrected chi connectivity index (χ0v) is 14.3. The second kappa shape index (κ2) is 8.01.